The van der Waals surface area contributed by atoms with Crippen LogP contribution in [0.4, 0.5) is 5.69 Å². The summed E-state index contributed by atoms with van der Waals surface area (Å²) in [6.45, 7) is 2.07. The number of nitrogens with zero attached hydrogens (tertiary/aromatic N) is 1. The van der Waals surface area contributed by atoms with Gasteiger partial charge in [-0.05, 0) is 23.6 Å². The minimum Gasteiger partial charge on any atom is -0.493 e. The summed E-state index contributed by atoms with van der Waals surface area (Å²) < 4.78 is 10.5. The first-order chi connectivity index (χ1) is 11.1. The third-order valence-electron chi connectivity index (χ3n) is 3.98. The molecular formula is C19H23NO3. The number of benzene rings is 2. The van der Waals surface area contributed by atoms with Crippen LogP contribution in [0.3, 0.4) is 0 Å². The maximum absolute atomic E-state index is 12.5. The van der Waals surface area contributed by atoms with Crippen LogP contribution in [0.5, 0.6) is 11.5 Å². The fourth-order valence-electron chi connectivity index (χ4n) is 2.48. The number of methoxy groups -OCH3 is 2. The Balaban J connectivity index is 2.10. The molecule has 0 saturated carbocycles. The van der Waals surface area contributed by atoms with Crippen LogP contribution in [0.25, 0.3) is 0 Å². The summed E-state index contributed by atoms with van der Waals surface area (Å²) in [5.74, 6) is 1.50. The number of carbonyl (C=O) groups is 1. The average Bonchev–Trinajstić information content (AvgIpc) is 2.61. The van der Waals surface area contributed by atoms with Crippen LogP contribution < -0.4 is 14.4 Å². The molecule has 4 nitrogen and oxygen atoms in total. The highest BCUT2D eigenvalue weighted by molar-refractivity contribution is 5.93. The van der Waals surface area contributed by atoms with E-state index < -0.39 is 0 Å². The summed E-state index contributed by atoms with van der Waals surface area (Å²) >= 11 is 0. The van der Waals surface area contributed by atoms with Crippen molar-refractivity contribution < 1.29 is 14.3 Å². The highest BCUT2D eigenvalue weighted by Crippen LogP contribution is 2.31. The van der Waals surface area contributed by atoms with Crippen molar-refractivity contribution in [3.8, 4) is 11.5 Å². The lowest BCUT2D eigenvalue weighted by atomic mass is 9.97. The molecule has 1 unspecified atom stereocenters. The minimum absolute atomic E-state index is 0.0635. The molecule has 0 heterocycles. The molecule has 0 bridgehead atoms. The first-order valence-corrected chi connectivity index (χ1v) is 7.60. The van der Waals surface area contributed by atoms with Crippen molar-refractivity contribution in [3.05, 3.63) is 54.1 Å². The van der Waals surface area contributed by atoms with Gasteiger partial charge in [-0.15, -0.1) is 0 Å². The van der Waals surface area contributed by atoms with E-state index in [-0.39, 0.29) is 11.8 Å². The van der Waals surface area contributed by atoms with Gasteiger partial charge in [0, 0.05) is 25.2 Å². The highest BCUT2D eigenvalue weighted by Gasteiger charge is 2.17. The van der Waals surface area contributed by atoms with Gasteiger partial charge in [0.25, 0.3) is 0 Å². The number of amides is 1. The van der Waals surface area contributed by atoms with E-state index in [4.69, 9.17) is 9.47 Å². The van der Waals surface area contributed by atoms with Gasteiger partial charge in [0.1, 0.15) is 0 Å². The maximum Gasteiger partial charge on any atom is 0.227 e. The molecule has 0 spiro atoms. The molecule has 23 heavy (non-hydrogen) atoms. The molecule has 1 amide bonds. The smallest absolute Gasteiger partial charge is 0.227 e. The molecule has 122 valence electrons. The quantitative estimate of drug-likeness (QED) is 0.813. The molecule has 0 N–H and O–H groups in total. The van der Waals surface area contributed by atoms with E-state index in [0.29, 0.717) is 17.9 Å². The van der Waals surface area contributed by atoms with Crippen molar-refractivity contribution >= 4 is 11.6 Å². The van der Waals surface area contributed by atoms with Gasteiger partial charge in [-0.1, -0.05) is 37.3 Å². The zero-order chi connectivity index (χ0) is 16.8. The fourth-order valence-corrected chi connectivity index (χ4v) is 2.48. The normalized spacial score (nSPS) is 11.7. The van der Waals surface area contributed by atoms with Gasteiger partial charge in [0.2, 0.25) is 5.91 Å². The Labute approximate surface area is 137 Å². The lowest BCUT2D eigenvalue weighted by Gasteiger charge is -2.21. The molecule has 1 atom stereocenters. The Morgan fingerprint density at radius 1 is 1.04 bits per heavy atom. The fraction of sp³-hybridized carbons (Fsp3) is 0.316. The Morgan fingerprint density at radius 3 is 2.30 bits per heavy atom. The molecule has 0 aliphatic carbocycles. The van der Waals surface area contributed by atoms with Crippen LogP contribution in [0, 0.1) is 0 Å². The average molecular weight is 313 g/mol. The summed E-state index contributed by atoms with van der Waals surface area (Å²) in [5.41, 5.74) is 1.95. The first-order valence-electron chi connectivity index (χ1n) is 7.60. The van der Waals surface area contributed by atoms with Crippen LogP contribution >= 0.6 is 0 Å². The number of ether oxygens (including phenoxy) is 2. The van der Waals surface area contributed by atoms with Gasteiger partial charge in [-0.3, -0.25) is 4.79 Å². The maximum atomic E-state index is 12.5. The third-order valence-corrected chi connectivity index (χ3v) is 3.98. The Kier molecular flexibility index (Phi) is 5.63. The second-order valence-corrected chi connectivity index (χ2v) is 5.51. The van der Waals surface area contributed by atoms with E-state index in [9.17, 15) is 4.79 Å². The molecule has 0 saturated heterocycles. The van der Waals surface area contributed by atoms with Gasteiger partial charge in [-0.25, -0.2) is 0 Å². The number of carbonyl (C=O) groups excluding carboxylic acids is 1. The van der Waals surface area contributed by atoms with Crippen molar-refractivity contribution in [3.63, 3.8) is 0 Å². The van der Waals surface area contributed by atoms with Gasteiger partial charge in [-0.2, -0.15) is 0 Å². The monoisotopic (exact) mass is 313 g/mol. The molecule has 2 aromatic rings. The summed E-state index contributed by atoms with van der Waals surface area (Å²) in [6.07, 6.45) is 0.453. The van der Waals surface area contributed by atoms with Gasteiger partial charge in [0.05, 0.1) is 14.2 Å². The van der Waals surface area contributed by atoms with Crippen molar-refractivity contribution in [1.82, 2.24) is 0 Å². The van der Waals surface area contributed by atoms with Gasteiger partial charge in [0.15, 0.2) is 11.5 Å². The molecule has 2 rings (SSSR count). The largest absolute Gasteiger partial charge is 0.493 e. The number of anilines is 1. The first kappa shape index (κ1) is 16.9. The summed E-state index contributed by atoms with van der Waals surface area (Å²) in [4.78, 5) is 14.2. The third kappa shape index (κ3) is 4.03. The number of hydrogen-bond acceptors (Lipinski definition) is 3. The van der Waals surface area contributed by atoms with E-state index in [1.165, 1.54) is 5.56 Å². The zero-order valence-corrected chi connectivity index (χ0v) is 14.1. The van der Waals surface area contributed by atoms with Crippen LogP contribution in [0.2, 0.25) is 0 Å². The molecule has 0 aliphatic heterocycles. The van der Waals surface area contributed by atoms with Crippen LogP contribution in [-0.2, 0) is 4.79 Å². The summed E-state index contributed by atoms with van der Waals surface area (Å²) in [5, 5.41) is 0. The van der Waals surface area contributed by atoms with E-state index >= 15 is 0 Å². The van der Waals surface area contributed by atoms with E-state index in [0.717, 1.165) is 5.69 Å². The Bertz CT molecular complexity index is 655. The minimum atomic E-state index is 0.0635. The van der Waals surface area contributed by atoms with Crippen molar-refractivity contribution in [2.45, 2.75) is 19.3 Å². The summed E-state index contributed by atoms with van der Waals surface area (Å²) in [6, 6.07) is 15.5. The number of rotatable bonds is 6. The van der Waals surface area contributed by atoms with Gasteiger partial charge < -0.3 is 14.4 Å². The molecule has 0 radical (unpaired) electrons. The zero-order valence-electron chi connectivity index (χ0n) is 14.1. The molecule has 0 aliphatic rings. The predicted molar refractivity (Wildman–Crippen MR) is 92.4 cm³/mol. The van der Waals surface area contributed by atoms with E-state index in [1.807, 2.05) is 42.5 Å². The molecule has 4 heteroatoms. The van der Waals surface area contributed by atoms with Crippen molar-refractivity contribution in [1.29, 1.82) is 0 Å². The van der Waals surface area contributed by atoms with E-state index in [1.54, 1.807) is 32.2 Å². The standard InChI is InChI=1S/C19H23NO3/c1-14(15-8-6-5-7-9-15)12-19(21)20(2)16-10-11-17(22-3)18(13-16)23-4/h5-11,13-14H,12H2,1-4H3. The second-order valence-electron chi connectivity index (χ2n) is 5.51. The second kappa shape index (κ2) is 7.68. The lowest BCUT2D eigenvalue weighted by molar-refractivity contribution is -0.118. The molecule has 2 aromatic carbocycles. The van der Waals surface area contributed by atoms with Crippen LogP contribution in [0.1, 0.15) is 24.8 Å². The molecule has 0 aromatic heterocycles. The molecule has 0 fully saturated rings. The van der Waals surface area contributed by atoms with E-state index in [2.05, 4.69) is 6.92 Å². The lowest BCUT2D eigenvalue weighted by Crippen LogP contribution is -2.27. The summed E-state index contributed by atoms with van der Waals surface area (Å²) in [7, 11) is 4.95. The van der Waals surface area contributed by atoms with Crippen molar-refractivity contribution in [2.24, 2.45) is 0 Å². The molecular weight excluding hydrogens is 290 g/mol. The predicted octanol–water partition coefficient (Wildman–Crippen LogP) is 3.86. The Morgan fingerprint density at radius 2 is 1.70 bits per heavy atom. The van der Waals surface area contributed by atoms with Crippen molar-refractivity contribution in [2.75, 3.05) is 26.2 Å². The van der Waals surface area contributed by atoms with Crippen LogP contribution in [-0.4, -0.2) is 27.2 Å². The van der Waals surface area contributed by atoms with Crippen LogP contribution in [0.15, 0.2) is 48.5 Å². The topological polar surface area (TPSA) is 38.8 Å². The number of hydrogen-bond donors (Lipinski definition) is 0. The SMILES string of the molecule is COc1ccc(N(C)C(=O)CC(C)c2ccccc2)cc1OC. The Hall–Kier alpha value is -2.49. The highest BCUT2D eigenvalue weighted by atomic mass is 16.5. The van der Waals surface area contributed by atoms with Gasteiger partial charge >= 0.3 is 0 Å².